The van der Waals surface area contributed by atoms with Crippen LogP contribution in [0.4, 0.5) is 0 Å². The van der Waals surface area contributed by atoms with Crippen molar-refractivity contribution < 1.29 is 14.6 Å². The maximum atomic E-state index is 9.96. The molecule has 0 aliphatic carbocycles. The van der Waals surface area contributed by atoms with Crippen LogP contribution >= 0.6 is 0 Å². The Bertz CT molecular complexity index is 349. The van der Waals surface area contributed by atoms with Crippen molar-refractivity contribution >= 4 is 5.97 Å². The van der Waals surface area contributed by atoms with Gasteiger partial charge in [0.2, 0.25) is 0 Å². The summed E-state index contributed by atoms with van der Waals surface area (Å²) in [4.78, 5) is 9.96. The Kier molecular flexibility index (Phi) is 6.39. The molecule has 0 atom stereocenters. The smallest absolute Gasteiger partial charge is 0.305 e. The van der Waals surface area contributed by atoms with Gasteiger partial charge in [0, 0.05) is 6.42 Å². The van der Waals surface area contributed by atoms with Crippen LogP contribution in [0.3, 0.4) is 0 Å². The summed E-state index contributed by atoms with van der Waals surface area (Å²) in [5, 5.41) is 17.2. The summed E-state index contributed by atoms with van der Waals surface area (Å²) in [7, 11) is 1.38. The Morgan fingerprint density at radius 1 is 1.53 bits per heavy atom. The molecule has 0 spiro atoms. The summed E-state index contributed by atoms with van der Waals surface area (Å²) in [6.07, 6.45) is 0.469. The van der Waals surface area contributed by atoms with Crippen LogP contribution in [0.1, 0.15) is 18.9 Å². The number of nitriles is 1. The lowest BCUT2D eigenvalue weighted by Crippen LogP contribution is -1.94. The Labute approximate surface area is 88.7 Å². The molecule has 4 nitrogen and oxygen atoms in total. The standard InChI is InChI=1S/C7H5NO.C4H8O2/c8-5-6-3-1-2-4-7(6)9;1-3-4(5)6-2/h1-4,9H;3H2,1-2H3. The largest absolute Gasteiger partial charge is 0.507 e. The van der Waals surface area contributed by atoms with Crippen LogP contribution in [0.2, 0.25) is 0 Å². The summed E-state index contributed by atoms with van der Waals surface area (Å²) >= 11 is 0. The number of carbonyl (C=O) groups excluding carboxylic acids is 1. The van der Waals surface area contributed by atoms with Crippen molar-refractivity contribution in [2.75, 3.05) is 7.11 Å². The maximum Gasteiger partial charge on any atom is 0.305 e. The summed E-state index contributed by atoms with van der Waals surface area (Å²) in [5.74, 6) is -0.116. The van der Waals surface area contributed by atoms with E-state index in [0.717, 1.165) is 0 Å². The highest BCUT2D eigenvalue weighted by atomic mass is 16.5. The summed E-state index contributed by atoms with van der Waals surface area (Å²) in [6.45, 7) is 1.76. The van der Waals surface area contributed by atoms with E-state index in [1.54, 1.807) is 25.1 Å². The highest BCUT2D eigenvalue weighted by Gasteiger charge is 1.93. The van der Waals surface area contributed by atoms with Gasteiger partial charge in [0.05, 0.1) is 12.7 Å². The highest BCUT2D eigenvalue weighted by Crippen LogP contribution is 2.12. The van der Waals surface area contributed by atoms with E-state index in [2.05, 4.69) is 4.74 Å². The molecule has 0 saturated heterocycles. The number of rotatable bonds is 1. The van der Waals surface area contributed by atoms with Gasteiger partial charge in [-0.1, -0.05) is 19.1 Å². The van der Waals surface area contributed by atoms with Gasteiger partial charge in [0.1, 0.15) is 11.8 Å². The molecule has 4 heteroatoms. The van der Waals surface area contributed by atoms with Crippen molar-refractivity contribution in [3.63, 3.8) is 0 Å². The predicted octanol–water partition coefficient (Wildman–Crippen LogP) is 1.83. The molecular weight excluding hydrogens is 194 g/mol. The van der Waals surface area contributed by atoms with Crippen molar-refractivity contribution in [1.29, 1.82) is 5.26 Å². The molecule has 1 aromatic carbocycles. The molecule has 0 amide bonds. The normalized spacial score (nSPS) is 8.07. The number of phenols is 1. The van der Waals surface area contributed by atoms with Crippen molar-refractivity contribution in [2.45, 2.75) is 13.3 Å². The number of phenolic OH excluding ortho intramolecular Hbond substituents is 1. The molecule has 0 heterocycles. The van der Waals surface area contributed by atoms with Crippen molar-refractivity contribution in [1.82, 2.24) is 0 Å². The molecule has 0 unspecified atom stereocenters. The molecule has 0 aliphatic rings. The minimum absolute atomic E-state index is 0.0417. The first-order valence-electron chi connectivity index (χ1n) is 4.40. The number of methoxy groups -OCH3 is 1. The molecule has 0 saturated carbocycles. The lowest BCUT2D eigenvalue weighted by Gasteiger charge is -1.89. The number of carbonyl (C=O) groups is 1. The number of hydrogen-bond donors (Lipinski definition) is 1. The van der Waals surface area contributed by atoms with Gasteiger partial charge in [-0.2, -0.15) is 5.26 Å². The molecule has 1 N–H and O–H groups in total. The number of esters is 1. The van der Waals surface area contributed by atoms with Gasteiger partial charge in [-0.25, -0.2) is 0 Å². The van der Waals surface area contributed by atoms with E-state index in [-0.39, 0.29) is 11.7 Å². The number of para-hydroxylation sites is 1. The van der Waals surface area contributed by atoms with E-state index in [1.165, 1.54) is 13.2 Å². The van der Waals surface area contributed by atoms with Crippen molar-refractivity contribution in [3.05, 3.63) is 29.8 Å². The topological polar surface area (TPSA) is 70.3 Å². The van der Waals surface area contributed by atoms with E-state index in [1.807, 2.05) is 6.07 Å². The minimum atomic E-state index is -0.157. The quantitative estimate of drug-likeness (QED) is 0.713. The zero-order valence-electron chi connectivity index (χ0n) is 8.73. The Morgan fingerprint density at radius 2 is 2.13 bits per heavy atom. The monoisotopic (exact) mass is 207 g/mol. The SMILES string of the molecule is CCC(=O)OC.N#Cc1ccccc1O. The van der Waals surface area contributed by atoms with E-state index < -0.39 is 0 Å². The van der Waals surface area contributed by atoms with E-state index >= 15 is 0 Å². The molecule has 1 aromatic rings. The number of benzene rings is 1. The average Bonchev–Trinajstić information content (AvgIpc) is 2.29. The zero-order valence-corrected chi connectivity index (χ0v) is 8.73. The van der Waals surface area contributed by atoms with Crippen LogP contribution in [0.5, 0.6) is 5.75 Å². The fraction of sp³-hybridized carbons (Fsp3) is 0.273. The second-order valence-corrected chi connectivity index (χ2v) is 2.56. The molecule has 1 rings (SSSR count). The third kappa shape index (κ3) is 5.32. The Balaban J connectivity index is 0.000000288. The van der Waals surface area contributed by atoms with E-state index in [4.69, 9.17) is 10.4 Å². The lowest BCUT2D eigenvalue weighted by molar-refractivity contribution is -0.140. The van der Waals surface area contributed by atoms with Crippen LogP contribution in [-0.4, -0.2) is 18.2 Å². The molecule has 0 aliphatic heterocycles. The summed E-state index contributed by atoms with van der Waals surface area (Å²) < 4.78 is 4.26. The predicted molar refractivity (Wildman–Crippen MR) is 55.1 cm³/mol. The van der Waals surface area contributed by atoms with Crippen molar-refractivity contribution in [3.8, 4) is 11.8 Å². The molecule has 80 valence electrons. The molecule has 0 bridgehead atoms. The number of nitrogens with zero attached hydrogens (tertiary/aromatic N) is 1. The van der Waals surface area contributed by atoms with Gasteiger partial charge < -0.3 is 9.84 Å². The van der Waals surface area contributed by atoms with Gasteiger partial charge in [0.15, 0.2) is 0 Å². The van der Waals surface area contributed by atoms with Crippen LogP contribution in [-0.2, 0) is 9.53 Å². The lowest BCUT2D eigenvalue weighted by atomic mass is 10.2. The number of aromatic hydroxyl groups is 1. The van der Waals surface area contributed by atoms with Crippen molar-refractivity contribution in [2.24, 2.45) is 0 Å². The van der Waals surface area contributed by atoms with Gasteiger partial charge in [-0.3, -0.25) is 4.79 Å². The minimum Gasteiger partial charge on any atom is -0.507 e. The second kappa shape index (κ2) is 7.39. The third-order valence-corrected chi connectivity index (χ3v) is 1.54. The Hall–Kier alpha value is -2.02. The highest BCUT2D eigenvalue weighted by molar-refractivity contribution is 5.68. The molecule has 15 heavy (non-hydrogen) atoms. The summed E-state index contributed by atoms with van der Waals surface area (Å²) in [5.41, 5.74) is 0.317. The van der Waals surface area contributed by atoms with Crippen LogP contribution in [0.15, 0.2) is 24.3 Å². The third-order valence-electron chi connectivity index (χ3n) is 1.54. The fourth-order valence-electron chi connectivity index (χ4n) is 0.713. The second-order valence-electron chi connectivity index (χ2n) is 2.56. The Morgan fingerprint density at radius 3 is 2.40 bits per heavy atom. The van der Waals surface area contributed by atoms with Crippen LogP contribution in [0.25, 0.3) is 0 Å². The summed E-state index contributed by atoms with van der Waals surface area (Å²) in [6, 6.07) is 8.28. The van der Waals surface area contributed by atoms with E-state index in [0.29, 0.717) is 12.0 Å². The van der Waals surface area contributed by atoms with Gasteiger partial charge in [-0.05, 0) is 12.1 Å². The first-order chi connectivity index (χ1) is 7.15. The van der Waals surface area contributed by atoms with E-state index in [9.17, 15) is 4.79 Å². The van der Waals surface area contributed by atoms with Gasteiger partial charge in [-0.15, -0.1) is 0 Å². The van der Waals surface area contributed by atoms with Crippen LogP contribution in [0, 0.1) is 11.3 Å². The molecule has 0 fully saturated rings. The first-order valence-corrected chi connectivity index (χ1v) is 4.40. The van der Waals surface area contributed by atoms with Crippen LogP contribution < -0.4 is 0 Å². The fourth-order valence-corrected chi connectivity index (χ4v) is 0.713. The zero-order chi connectivity index (χ0) is 11.7. The molecule has 0 aromatic heterocycles. The molecule has 0 radical (unpaired) electrons. The number of ether oxygens (including phenoxy) is 1. The average molecular weight is 207 g/mol. The first kappa shape index (κ1) is 13.0. The van der Waals surface area contributed by atoms with Gasteiger partial charge >= 0.3 is 5.97 Å². The maximum absolute atomic E-state index is 9.96. The van der Waals surface area contributed by atoms with Gasteiger partial charge in [0.25, 0.3) is 0 Å². The number of hydrogen-bond acceptors (Lipinski definition) is 4. The molecular formula is C11H13NO3.